The number of ether oxygens (including phenoxy) is 1. The van der Waals surface area contributed by atoms with Gasteiger partial charge in [0.05, 0.1) is 11.4 Å². The van der Waals surface area contributed by atoms with Gasteiger partial charge in [0.2, 0.25) is 5.91 Å². The van der Waals surface area contributed by atoms with E-state index in [1.807, 2.05) is 24.3 Å². The molecule has 1 N–H and O–H groups in total. The Balaban J connectivity index is 1.71. The second-order valence-electron chi connectivity index (χ2n) is 6.17. The van der Waals surface area contributed by atoms with Crippen molar-refractivity contribution in [1.29, 1.82) is 0 Å². The highest BCUT2D eigenvalue weighted by atomic mass is 19.1. The quantitative estimate of drug-likeness (QED) is 0.724. The zero-order valence-corrected chi connectivity index (χ0v) is 14.4. The zero-order valence-electron chi connectivity index (χ0n) is 14.4. The van der Waals surface area contributed by atoms with Gasteiger partial charge in [0, 0.05) is 12.3 Å². The molecule has 0 radical (unpaired) electrons. The monoisotopic (exact) mass is 361 g/mol. The predicted molar refractivity (Wildman–Crippen MR) is 99.4 cm³/mol. The average Bonchev–Trinajstić information content (AvgIpc) is 3.10. The van der Waals surface area contributed by atoms with Gasteiger partial charge >= 0.3 is 0 Å². The molecule has 1 aromatic heterocycles. The van der Waals surface area contributed by atoms with Gasteiger partial charge in [-0.05, 0) is 29.8 Å². The number of benzene rings is 2. The molecule has 1 aliphatic rings. The van der Waals surface area contributed by atoms with Gasteiger partial charge in [-0.1, -0.05) is 30.2 Å². The molecule has 4 rings (SSSR count). The van der Waals surface area contributed by atoms with Crippen LogP contribution in [0.1, 0.15) is 23.6 Å². The van der Waals surface area contributed by atoms with Gasteiger partial charge in [0.15, 0.2) is 0 Å². The molecule has 0 spiro atoms. The standard InChI is InChI=1S/C21H16FN3O2/c1-2-11-27-15-9-7-14(8-10-15)16-12-19(26)24-21-20(16)23-13-25(21)18-6-4-3-5-17(18)22/h1,3-10,13,16H,11-12H2,(H,24,26)/t16-/m1/s1. The third kappa shape index (κ3) is 3.15. The van der Waals surface area contributed by atoms with Gasteiger partial charge in [-0.25, -0.2) is 9.37 Å². The van der Waals surface area contributed by atoms with E-state index in [0.29, 0.717) is 22.9 Å². The molecule has 0 bridgehead atoms. The van der Waals surface area contributed by atoms with Crippen LogP contribution in [0.3, 0.4) is 0 Å². The van der Waals surface area contributed by atoms with E-state index in [0.717, 1.165) is 5.56 Å². The van der Waals surface area contributed by atoms with Crippen molar-refractivity contribution in [1.82, 2.24) is 9.55 Å². The first-order chi connectivity index (χ1) is 13.2. The van der Waals surface area contributed by atoms with Crippen LogP contribution in [0.5, 0.6) is 5.75 Å². The number of rotatable bonds is 4. The van der Waals surface area contributed by atoms with Crippen LogP contribution in [0.25, 0.3) is 5.69 Å². The maximum atomic E-state index is 14.2. The SMILES string of the molecule is C#CCOc1ccc([C@H]2CC(=O)Nc3c2ncn3-c2ccccc2F)cc1. The normalized spacial score (nSPS) is 15.6. The van der Waals surface area contributed by atoms with E-state index in [2.05, 4.69) is 16.2 Å². The molecule has 0 saturated heterocycles. The van der Waals surface area contributed by atoms with E-state index in [1.165, 1.54) is 12.4 Å². The molecule has 27 heavy (non-hydrogen) atoms. The van der Waals surface area contributed by atoms with Crippen LogP contribution in [-0.2, 0) is 4.79 Å². The molecule has 0 saturated carbocycles. The van der Waals surface area contributed by atoms with Crippen molar-refractivity contribution in [3.63, 3.8) is 0 Å². The smallest absolute Gasteiger partial charge is 0.226 e. The number of anilines is 1. The minimum absolute atomic E-state index is 0.141. The van der Waals surface area contributed by atoms with Crippen molar-refractivity contribution in [2.75, 3.05) is 11.9 Å². The van der Waals surface area contributed by atoms with Crippen LogP contribution in [-0.4, -0.2) is 22.1 Å². The van der Waals surface area contributed by atoms with Crippen molar-refractivity contribution >= 4 is 11.7 Å². The van der Waals surface area contributed by atoms with Gasteiger partial charge in [0.1, 0.15) is 30.3 Å². The Bertz CT molecular complexity index is 1030. The van der Waals surface area contributed by atoms with E-state index in [-0.39, 0.29) is 30.7 Å². The summed E-state index contributed by atoms with van der Waals surface area (Å²) in [6.07, 6.45) is 7.00. The average molecular weight is 361 g/mol. The van der Waals surface area contributed by atoms with E-state index < -0.39 is 0 Å². The fourth-order valence-corrected chi connectivity index (χ4v) is 3.23. The molecule has 0 fully saturated rings. The number of fused-ring (bicyclic) bond motifs is 1. The summed E-state index contributed by atoms with van der Waals surface area (Å²) in [5.74, 6) is 2.83. The largest absolute Gasteiger partial charge is 0.481 e. The Kier molecular flexibility index (Phi) is 4.35. The Morgan fingerprint density at radius 1 is 1.26 bits per heavy atom. The fraction of sp³-hybridized carbons (Fsp3) is 0.143. The van der Waals surface area contributed by atoms with E-state index in [4.69, 9.17) is 11.2 Å². The van der Waals surface area contributed by atoms with Crippen molar-refractivity contribution in [2.45, 2.75) is 12.3 Å². The minimum Gasteiger partial charge on any atom is -0.481 e. The molecular formula is C21H16FN3O2. The molecule has 2 aromatic carbocycles. The number of aromatic nitrogens is 2. The van der Waals surface area contributed by atoms with Gasteiger partial charge < -0.3 is 10.1 Å². The van der Waals surface area contributed by atoms with Crippen molar-refractivity contribution in [2.24, 2.45) is 0 Å². The molecule has 1 aliphatic heterocycles. The summed E-state index contributed by atoms with van der Waals surface area (Å²) < 4.78 is 21.2. The number of terminal acetylenes is 1. The number of halogens is 1. The highest BCUT2D eigenvalue weighted by Gasteiger charge is 2.31. The second kappa shape index (κ2) is 6.96. The van der Waals surface area contributed by atoms with E-state index in [1.54, 1.807) is 22.8 Å². The molecule has 6 heteroatoms. The summed E-state index contributed by atoms with van der Waals surface area (Å²) in [5.41, 5.74) is 1.97. The molecule has 134 valence electrons. The van der Waals surface area contributed by atoms with Crippen LogP contribution in [0.4, 0.5) is 10.2 Å². The highest BCUT2D eigenvalue weighted by Crippen LogP contribution is 2.38. The molecule has 1 amide bonds. The summed E-state index contributed by atoms with van der Waals surface area (Å²) in [4.78, 5) is 16.8. The number of carbonyl (C=O) groups excluding carboxylic acids is 1. The van der Waals surface area contributed by atoms with Crippen LogP contribution < -0.4 is 10.1 Å². The lowest BCUT2D eigenvalue weighted by Crippen LogP contribution is -2.25. The lowest BCUT2D eigenvalue weighted by atomic mass is 9.90. The molecule has 1 atom stereocenters. The molecule has 3 aromatic rings. The van der Waals surface area contributed by atoms with Gasteiger partial charge in [-0.3, -0.25) is 9.36 Å². The van der Waals surface area contributed by atoms with Crippen LogP contribution in [0.2, 0.25) is 0 Å². The first-order valence-electron chi connectivity index (χ1n) is 8.45. The summed E-state index contributed by atoms with van der Waals surface area (Å²) in [7, 11) is 0. The summed E-state index contributed by atoms with van der Waals surface area (Å²) in [6.45, 7) is 0.197. The first kappa shape index (κ1) is 16.9. The molecular weight excluding hydrogens is 345 g/mol. The number of hydrogen-bond donors (Lipinski definition) is 1. The Morgan fingerprint density at radius 2 is 2.04 bits per heavy atom. The number of imidazole rings is 1. The summed E-state index contributed by atoms with van der Waals surface area (Å²) >= 11 is 0. The van der Waals surface area contributed by atoms with Crippen molar-refractivity contribution in [3.8, 4) is 23.8 Å². The molecule has 5 nitrogen and oxygen atoms in total. The first-order valence-corrected chi connectivity index (χ1v) is 8.45. The number of nitrogens with one attached hydrogen (secondary N) is 1. The second-order valence-corrected chi connectivity index (χ2v) is 6.17. The number of para-hydroxylation sites is 1. The Hall–Kier alpha value is -3.59. The van der Waals surface area contributed by atoms with Crippen LogP contribution in [0.15, 0.2) is 54.9 Å². The maximum Gasteiger partial charge on any atom is 0.226 e. The van der Waals surface area contributed by atoms with Gasteiger partial charge in [-0.15, -0.1) is 6.42 Å². The zero-order chi connectivity index (χ0) is 18.8. The number of hydrogen-bond acceptors (Lipinski definition) is 3. The molecule has 0 unspecified atom stereocenters. The van der Waals surface area contributed by atoms with Gasteiger partial charge in [-0.2, -0.15) is 0 Å². The van der Waals surface area contributed by atoms with Crippen molar-refractivity contribution < 1.29 is 13.9 Å². The van der Waals surface area contributed by atoms with E-state index in [9.17, 15) is 9.18 Å². The van der Waals surface area contributed by atoms with Gasteiger partial charge in [0.25, 0.3) is 0 Å². The number of carbonyl (C=O) groups is 1. The van der Waals surface area contributed by atoms with Crippen molar-refractivity contribution in [3.05, 3.63) is 71.9 Å². The number of nitrogens with zero attached hydrogens (tertiary/aromatic N) is 2. The Morgan fingerprint density at radius 3 is 2.78 bits per heavy atom. The maximum absolute atomic E-state index is 14.2. The number of amides is 1. The summed E-state index contributed by atoms with van der Waals surface area (Å²) in [6, 6.07) is 13.8. The predicted octanol–water partition coefficient (Wildman–Crippen LogP) is 3.50. The van der Waals surface area contributed by atoms with E-state index >= 15 is 0 Å². The highest BCUT2D eigenvalue weighted by molar-refractivity contribution is 5.94. The summed E-state index contributed by atoms with van der Waals surface area (Å²) in [5, 5.41) is 2.82. The Labute approximate surface area is 155 Å². The van der Waals surface area contributed by atoms with Crippen LogP contribution in [0, 0.1) is 18.2 Å². The molecule has 0 aliphatic carbocycles. The molecule has 2 heterocycles. The fourth-order valence-electron chi connectivity index (χ4n) is 3.23. The lowest BCUT2D eigenvalue weighted by molar-refractivity contribution is -0.116. The lowest BCUT2D eigenvalue weighted by Gasteiger charge is -2.23. The third-order valence-electron chi connectivity index (χ3n) is 4.49. The van der Waals surface area contributed by atoms with Crippen LogP contribution >= 0.6 is 0 Å². The topological polar surface area (TPSA) is 56.1 Å². The minimum atomic E-state index is -0.385. The third-order valence-corrected chi connectivity index (χ3v) is 4.49.